The summed E-state index contributed by atoms with van der Waals surface area (Å²) in [4.78, 5) is 0. The molecule has 0 unspecified atom stereocenters. The Bertz CT molecular complexity index is 469. The van der Waals surface area contributed by atoms with Crippen molar-refractivity contribution < 1.29 is 4.42 Å². The van der Waals surface area contributed by atoms with Gasteiger partial charge in [-0.1, -0.05) is 0 Å². The highest BCUT2D eigenvalue weighted by Crippen LogP contribution is 2.24. The Labute approximate surface area is 81.8 Å². The first kappa shape index (κ1) is 8.93. The first-order valence-electron chi connectivity index (χ1n) is 4.40. The predicted octanol–water partition coefficient (Wildman–Crippen LogP) is 1.40. The fourth-order valence-electron chi connectivity index (χ4n) is 1.48. The summed E-state index contributed by atoms with van der Waals surface area (Å²) < 4.78 is 7.18. The van der Waals surface area contributed by atoms with Crippen LogP contribution in [0.2, 0.25) is 0 Å². The fraction of sp³-hybridized carbons (Fsp3) is 0.444. The number of rotatable bonds is 1. The van der Waals surface area contributed by atoms with Crippen molar-refractivity contribution in [3.63, 3.8) is 0 Å². The second-order valence-electron chi connectivity index (χ2n) is 3.30. The van der Waals surface area contributed by atoms with Crippen LogP contribution in [0.5, 0.6) is 0 Å². The molecule has 0 radical (unpaired) electrons. The summed E-state index contributed by atoms with van der Waals surface area (Å²) in [5, 5.41) is 12.1. The summed E-state index contributed by atoms with van der Waals surface area (Å²) in [6, 6.07) is 0. The monoisotopic (exact) mass is 192 g/mol. The zero-order chi connectivity index (χ0) is 10.3. The van der Waals surface area contributed by atoms with Crippen LogP contribution in [0.3, 0.4) is 0 Å². The van der Waals surface area contributed by atoms with Crippen LogP contribution in [0.4, 0.5) is 0 Å². The average molecular weight is 192 g/mol. The topological polar surface area (TPSA) is 56.7 Å². The molecule has 0 saturated heterocycles. The normalized spacial score (nSPS) is 10.9. The number of hydrogen-bond donors (Lipinski definition) is 0. The molecule has 2 aromatic rings. The maximum atomic E-state index is 5.37. The highest BCUT2D eigenvalue weighted by molar-refractivity contribution is 5.59. The van der Waals surface area contributed by atoms with Crippen LogP contribution in [0.1, 0.15) is 17.3 Å². The van der Waals surface area contributed by atoms with Crippen LogP contribution in [0.15, 0.2) is 4.42 Å². The van der Waals surface area contributed by atoms with Crippen LogP contribution in [-0.2, 0) is 7.05 Å². The van der Waals surface area contributed by atoms with Crippen molar-refractivity contribution in [1.29, 1.82) is 0 Å². The average Bonchev–Trinajstić information content (AvgIpc) is 2.60. The Balaban J connectivity index is 2.61. The Morgan fingerprint density at radius 2 is 1.86 bits per heavy atom. The minimum absolute atomic E-state index is 0.547. The molecule has 2 rings (SSSR count). The summed E-state index contributed by atoms with van der Waals surface area (Å²) in [6.45, 7) is 5.69. The molecule has 0 saturated carbocycles. The number of nitrogens with zero attached hydrogens (tertiary/aromatic N) is 4. The smallest absolute Gasteiger partial charge is 0.251 e. The SMILES string of the molecule is Cc1nnc(-c2c(C)nn(C)c2C)o1. The third-order valence-corrected chi connectivity index (χ3v) is 2.25. The van der Waals surface area contributed by atoms with Gasteiger partial charge in [-0.3, -0.25) is 4.68 Å². The lowest BCUT2D eigenvalue weighted by atomic mass is 10.2. The van der Waals surface area contributed by atoms with Gasteiger partial charge in [-0.2, -0.15) is 5.10 Å². The van der Waals surface area contributed by atoms with Gasteiger partial charge in [0.25, 0.3) is 5.89 Å². The van der Waals surface area contributed by atoms with E-state index in [2.05, 4.69) is 15.3 Å². The molecule has 0 amide bonds. The van der Waals surface area contributed by atoms with Crippen molar-refractivity contribution in [1.82, 2.24) is 20.0 Å². The molecule has 5 nitrogen and oxygen atoms in total. The molecular weight excluding hydrogens is 180 g/mol. The largest absolute Gasteiger partial charge is 0.421 e. The van der Waals surface area contributed by atoms with Gasteiger partial charge in [0, 0.05) is 19.7 Å². The molecule has 5 heteroatoms. The van der Waals surface area contributed by atoms with Crippen molar-refractivity contribution >= 4 is 0 Å². The maximum absolute atomic E-state index is 5.37. The summed E-state index contributed by atoms with van der Waals surface area (Å²) in [5.74, 6) is 1.12. The van der Waals surface area contributed by atoms with E-state index in [4.69, 9.17) is 4.42 Å². The van der Waals surface area contributed by atoms with E-state index in [1.165, 1.54) is 0 Å². The predicted molar refractivity (Wildman–Crippen MR) is 50.7 cm³/mol. The standard InChI is InChI=1S/C9H12N4O/c1-5-8(6(2)13(4)12-5)9-11-10-7(3)14-9/h1-4H3. The second kappa shape index (κ2) is 2.94. The first-order chi connectivity index (χ1) is 6.59. The van der Waals surface area contributed by atoms with Gasteiger partial charge in [0.2, 0.25) is 5.89 Å². The lowest BCUT2D eigenvalue weighted by molar-refractivity contribution is 0.532. The van der Waals surface area contributed by atoms with E-state index >= 15 is 0 Å². The van der Waals surface area contributed by atoms with Gasteiger partial charge in [-0.25, -0.2) is 0 Å². The van der Waals surface area contributed by atoms with Gasteiger partial charge >= 0.3 is 0 Å². The summed E-state index contributed by atoms with van der Waals surface area (Å²) in [6.07, 6.45) is 0. The molecule has 2 aromatic heterocycles. The highest BCUT2D eigenvalue weighted by Gasteiger charge is 2.16. The van der Waals surface area contributed by atoms with Gasteiger partial charge in [-0.15, -0.1) is 10.2 Å². The molecule has 0 aliphatic rings. The van der Waals surface area contributed by atoms with Gasteiger partial charge < -0.3 is 4.42 Å². The molecule has 0 bridgehead atoms. The Morgan fingerprint density at radius 1 is 1.14 bits per heavy atom. The first-order valence-corrected chi connectivity index (χ1v) is 4.40. The molecule has 0 N–H and O–H groups in total. The summed E-state index contributed by atoms with van der Waals surface area (Å²) in [5.41, 5.74) is 2.88. The van der Waals surface area contributed by atoms with Crippen molar-refractivity contribution in [2.75, 3.05) is 0 Å². The summed E-state index contributed by atoms with van der Waals surface area (Å²) >= 11 is 0. The van der Waals surface area contributed by atoms with E-state index in [-0.39, 0.29) is 0 Å². The Morgan fingerprint density at radius 3 is 2.29 bits per heavy atom. The molecule has 0 atom stereocenters. The Kier molecular flexibility index (Phi) is 1.87. The van der Waals surface area contributed by atoms with E-state index in [1.54, 1.807) is 6.92 Å². The summed E-state index contributed by atoms with van der Waals surface area (Å²) in [7, 11) is 1.90. The van der Waals surface area contributed by atoms with Crippen molar-refractivity contribution in [3.8, 4) is 11.5 Å². The van der Waals surface area contributed by atoms with Crippen LogP contribution in [0, 0.1) is 20.8 Å². The van der Waals surface area contributed by atoms with Gasteiger partial charge in [-0.05, 0) is 13.8 Å². The maximum Gasteiger partial charge on any atom is 0.251 e. The lowest BCUT2D eigenvalue weighted by Crippen LogP contribution is -1.92. The van der Waals surface area contributed by atoms with Crippen LogP contribution >= 0.6 is 0 Å². The molecule has 74 valence electrons. The van der Waals surface area contributed by atoms with Crippen molar-refractivity contribution in [2.24, 2.45) is 7.05 Å². The van der Waals surface area contributed by atoms with Crippen LogP contribution < -0.4 is 0 Å². The molecule has 2 heterocycles. The Hall–Kier alpha value is -1.65. The minimum Gasteiger partial charge on any atom is -0.421 e. The zero-order valence-corrected chi connectivity index (χ0v) is 8.70. The van der Waals surface area contributed by atoms with E-state index in [1.807, 2.05) is 25.6 Å². The van der Waals surface area contributed by atoms with Crippen molar-refractivity contribution in [2.45, 2.75) is 20.8 Å². The van der Waals surface area contributed by atoms with Gasteiger partial charge in [0.05, 0.1) is 11.3 Å². The van der Waals surface area contributed by atoms with Gasteiger partial charge in [0.1, 0.15) is 0 Å². The van der Waals surface area contributed by atoms with E-state index in [0.717, 1.165) is 17.0 Å². The van der Waals surface area contributed by atoms with E-state index in [0.29, 0.717) is 11.8 Å². The third-order valence-electron chi connectivity index (χ3n) is 2.25. The van der Waals surface area contributed by atoms with Crippen molar-refractivity contribution in [3.05, 3.63) is 17.3 Å². The molecule has 0 fully saturated rings. The third kappa shape index (κ3) is 1.21. The molecule has 0 aliphatic heterocycles. The van der Waals surface area contributed by atoms with E-state index < -0.39 is 0 Å². The molecule has 0 aliphatic carbocycles. The second-order valence-corrected chi connectivity index (χ2v) is 3.30. The fourth-order valence-corrected chi connectivity index (χ4v) is 1.48. The molecule has 0 aromatic carbocycles. The van der Waals surface area contributed by atoms with Crippen LogP contribution in [-0.4, -0.2) is 20.0 Å². The minimum atomic E-state index is 0.547. The number of aromatic nitrogens is 4. The lowest BCUT2D eigenvalue weighted by Gasteiger charge is -1.94. The quantitative estimate of drug-likeness (QED) is 0.685. The molecule has 14 heavy (non-hydrogen) atoms. The van der Waals surface area contributed by atoms with Crippen LogP contribution in [0.25, 0.3) is 11.5 Å². The highest BCUT2D eigenvalue weighted by atomic mass is 16.4. The van der Waals surface area contributed by atoms with E-state index in [9.17, 15) is 0 Å². The molecular formula is C9H12N4O. The molecule has 0 spiro atoms. The number of aryl methyl sites for hydroxylation is 3. The number of hydrogen-bond acceptors (Lipinski definition) is 4. The zero-order valence-electron chi connectivity index (χ0n) is 8.70. The van der Waals surface area contributed by atoms with Gasteiger partial charge in [0.15, 0.2) is 0 Å².